The molecule has 0 unspecified atom stereocenters. The third kappa shape index (κ3) is 6.91. The zero-order valence-corrected chi connectivity index (χ0v) is 17.5. The third-order valence-corrected chi connectivity index (χ3v) is 5.30. The molecule has 1 fully saturated rings. The molecule has 1 heterocycles. The molecular weight excluding hydrogens is 389 g/mol. The van der Waals surface area contributed by atoms with Gasteiger partial charge in [-0.2, -0.15) is 0 Å². The Labute approximate surface area is 171 Å². The molecule has 0 saturated carbocycles. The fraction of sp³-hybridized carbons (Fsp3) is 0.650. The number of nitrogens with two attached hydrogens (primary N) is 1. The van der Waals surface area contributed by atoms with Crippen LogP contribution in [-0.4, -0.2) is 44.0 Å². The number of unbranched alkanes of at least 4 members (excludes halogenated alkanes) is 2. The molecule has 1 aromatic rings. The lowest BCUT2D eigenvalue weighted by molar-refractivity contribution is -0.159. The fourth-order valence-corrected chi connectivity index (χ4v) is 3.70. The average molecular weight is 418 g/mol. The highest BCUT2D eigenvalue weighted by Crippen LogP contribution is 2.27. The number of carbonyl (C=O) groups is 1. The van der Waals surface area contributed by atoms with Crippen molar-refractivity contribution in [3.05, 3.63) is 33.8 Å². The predicted molar refractivity (Wildman–Crippen MR) is 107 cm³/mol. The largest absolute Gasteiger partial charge is 0.459 e. The Kier molecular flexibility index (Phi) is 9.33. The Bertz CT molecular complexity index is 614. The molecule has 0 spiro atoms. The summed E-state index contributed by atoms with van der Waals surface area (Å²) in [5.41, 5.74) is 6.78. The summed E-state index contributed by atoms with van der Waals surface area (Å²) in [7, 11) is 0. The van der Waals surface area contributed by atoms with Crippen LogP contribution in [-0.2, 0) is 25.4 Å². The van der Waals surface area contributed by atoms with Crippen LogP contribution in [0.4, 0.5) is 0 Å². The van der Waals surface area contributed by atoms with E-state index in [9.17, 15) is 4.79 Å². The molecule has 7 heteroatoms. The number of hydrogen-bond acceptors (Lipinski definition) is 5. The second-order valence-electron chi connectivity index (χ2n) is 7.03. The van der Waals surface area contributed by atoms with Gasteiger partial charge in [-0.25, -0.2) is 0 Å². The second kappa shape index (κ2) is 11.2. The van der Waals surface area contributed by atoms with Crippen LogP contribution in [0.3, 0.4) is 0 Å². The zero-order chi connectivity index (χ0) is 19.8. The van der Waals surface area contributed by atoms with Crippen LogP contribution < -0.4 is 5.73 Å². The number of carbonyl (C=O) groups excluding carboxylic acids is 1. The van der Waals surface area contributed by atoms with Crippen LogP contribution in [0.15, 0.2) is 18.2 Å². The van der Waals surface area contributed by atoms with E-state index in [0.717, 1.165) is 24.8 Å². The zero-order valence-electron chi connectivity index (χ0n) is 16.0. The molecule has 27 heavy (non-hydrogen) atoms. The quantitative estimate of drug-likeness (QED) is 0.535. The van der Waals surface area contributed by atoms with Crippen molar-refractivity contribution >= 4 is 29.2 Å². The van der Waals surface area contributed by atoms with E-state index in [0.29, 0.717) is 29.7 Å². The van der Waals surface area contributed by atoms with Gasteiger partial charge in [0.1, 0.15) is 12.1 Å². The van der Waals surface area contributed by atoms with E-state index >= 15 is 0 Å². The molecule has 2 rings (SSSR count). The highest BCUT2D eigenvalue weighted by Gasteiger charge is 2.34. The van der Waals surface area contributed by atoms with Gasteiger partial charge >= 0.3 is 5.97 Å². The molecule has 1 aliphatic rings. The minimum absolute atomic E-state index is 0.0293. The average Bonchev–Trinajstić information content (AvgIpc) is 2.66. The van der Waals surface area contributed by atoms with Gasteiger partial charge in [0, 0.05) is 22.6 Å². The molecule has 1 aromatic carbocycles. The lowest BCUT2D eigenvalue weighted by atomic mass is 9.91. The standard InChI is InChI=1S/C20H29Cl2NO4/c1-3-4-5-8-26-19-13(2)27-20(24)18(23)12-25-11-15(19)9-14-6-7-16(21)10-17(14)22/h6-7,10,13,15,18-19H,3-5,8-9,11-12,23H2,1-2H3/t13-,15-,18-,19-/m0/s1. The third-order valence-electron chi connectivity index (χ3n) is 4.72. The Morgan fingerprint density at radius 3 is 2.74 bits per heavy atom. The number of ether oxygens (including phenoxy) is 3. The van der Waals surface area contributed by atoms with Crippen molar-refractivity contribution in [2.45, 2.75) is 57.8 Å². The van der Waals surface area contributed by atoms with Crippen LogP contribution in [0.1, 0.15) is 38.7 Å². The van der Waals surface area contributed by atoms with Gasteiger partial charge in [0.2, 0.25) is 0 Å². The maximum Gasteiger partial charge on any atom is 0.325 e. The van der Waals surface area contributed by atoms with Crippen LogP contribution in [0, 0.1) is 5.92 Å². The Morgan fingerprint density at radius 2 is 2.04 bits per heavy atom. The summed E-state index contributed by atoms with van der Waals surface area (Å²) in [5, 5.41) is 1.20. The van der Waals surface area contributed by atoms with Gasteiger partial charge in [0.05, 0.1) is 19.3 Å². The minimum Gasteiger partial charge on any atom is -0.459 e. The molecule has 0 aliphatic carbocycles. The van der Waals surface area contributed by atoms with E-state index in [1.54, 1.807) is 6.07 Å². The number of rotatable bonds is 7. The first-order valence-electron chi connectivity index (χ1n) is 9.51. The van der Waals surface area contributed by atoms with Gasteiger partial charge in [-0.1, -0.05) is 49.0 Å². The van der Waals surface area contributed by atoms with Crippen molar-refractivity contribution in [2.75, 3.05) is 19.8 Å². The van der Waals surface area contributed by atoms with Gasteiger partial charge < -0.3 is 19.9 Å². The van der Waals surface area contributed by atoms with Gasteiger partial charge in [-0.3, -0.25) is 4.79 Å². The van der Waals surface area contributed by atoms with Crippen molar-refractivity contribution < 1.29 is 19.0 Å². The molecule has 1 saturated heterocycles. The molecule has 152 valence electrons. The van der Waals surface area contributed by atoms with E-state index in [1.165, 1.54) is 0 Å². The maximum atomic E-state index is 12.1. The molecule has 4 atom stereocenters. The number of halogens is 2. The number of hydrogen-bond donors (Lipinski definition) is 1. The minimum atomic E-state index is -0.786. The van der Waals surface area contributed by atoms with E-state index in [1.807, 2.05) is 19.1 Å². The summed E-state index contributed by atoms with van der Waals surface area (Å²) in [4.78, 5) is 12.1. The second-order valence-corrected chi connectivity index (χ2v) is 7.87. The summed E-state index contributed by atoms with van der Waals surface area (Å²) in [6.07, 6.45) is 3.07. The number of esters is 1. The van der Waals surface area contributed by atoms with Crippen molar-refractivity contribution in [1.82, 2.24) is 0 Å². The summed E-state index contributed by atoms with van der Waals surface area (Å²) >= 11 is 12.4. The summed E-state index contributed by atoms with van der Waals surface area (Å²) in [6, 6.07) is 4.67. The van der Waals surface area contributed by atoms with Gasteiger partial charge in [-0.15, -0.1) is 0 Å². The predicted octanol–water partition coefficient (Wildman–Crippen LogP) is 4.02. The lowest BCUT2D eigenvalue weighted by Gasteiger charge is -2.31. The van der Waals surface area contributed by atoms with Crippen molar-refractivity contribution in [2.24, 2.45) is 11.7 Å². The van der Waals surface area contributed by atoms with Gasteiger partial charge in [-0.05, 0) is 37.5 Å². The molecule has 0 aromatic heterocycles. The van der Waals surface area contributed by atoms with Crippen LogP contribution in [0.5, 0.6) is 0 Å². The summed E-state index contributed by atoms with van der Waals surface area (Å²) in [6.45, 7) is 5.13. The van der Waals surface area contributed by atoms with E-state index < -0.39 is 18.1 Å². The molecule has 0 radical (unpaired) electrons. The summed E-state index contributed by atoms with van der Waals surface area (Å²) in [5.74, 6) is -0.492. The molecule has 1 aliphatic heterocycles. The molecule has 2 N–H and O–H groups in total. The molecule has 0 amide bonds. The highest BCUT2D eigenvalue weighted by molar-refractivity contribution is 6.35. The highest BCUT2D eigenvalue weighted by atomic mass is 35.5. The topological polar surface area (TPSA) is 70.8 Å². The number of benzene rings is 1. The maximum absolute atomic E-state index is 12.1. The van der Waals surface area contributed by atoms with E-state index in [2.05, 4.69) is 6.92 Å². The van der Waals surface area contributed by atoms with E-state index in [-0.39, 0.29) is 18.6 Å². The Hall–Kier alpha value is -0.850. The molecule has 5 nitrogen and oxygen atoms in total. The van der Waals surface area contributed by atoms with Crippen LogP contribution in [0.2, 0.25) is 10.0 Å². The lowest BCUT2D eigenvalue weighted by Crippen LogP contribution is -2.42. The van der Waals surface area contributed by atoms with Gasteiger partial charge in [0.25, 0.3) is 0 Å². The Morgan fingerprint density at radius 1 is 1.26 bits per heavy atom. The van der Waals surface area contributed by atoms with Crippen LogP contribution >= 0.6 is 23.2 Å². The normalized spacial score (nSPS) is 26.8. The Balaban J connectivity index is 2.18. The van der Waals surface area contributed by atoms with E-state index in [4.69, 9.17) is 43.1 Å². The van der Waals surface area contributed by atoms with Crippen molar-refractivity contribution in [1.29, 1.82) is 0 Å². The van der Waals surface area contributed by atoms with Gasteiger partial charge in [0.15, 0.2) is 0 Å². The molecule has 0 bridgehead atoms. The summed E-state index contributed by atoms with van der Waals surface area (Å²) < 4.78 is 17.4. The molecular formula is C20H29Cl2NO4. The number of cyclic esters (lactones) is 1. The first-order valence-corrected chi connectivity index (χ1v) is 10.3. The fourth-order valence-electron chi connectivity index (χ4n) is 3.22. The first kappa shape index (κ1) is 22.4. The smallest absolute Gasteiger partial charge is 0.325 e. The van der Waals surface area contributed by atoms with Crippen molar-refractivity contribution in [3.8, 4) is 0 Å². The van der Waals surface area contributed by atoms with Crippen LogP contribution in [0.25, 0.3) is 0 Å². The first-order chi connectivity index (χ1) is 12.9. The SMILES string of the molecule is CCCCCO[C@@H]1[C@@H](Cc2ccc(Cl)cc2Cl)COC[C@H](N)C(=O)O[C@H]1C. The monoisotopic (exact) mass is 417 g/mol. The van der Waals surface area contributed by atoms with Crippen molar-refractivity contribution in [3.63, 3.8) is 0 Å².